The predicted octanol–water partition coefficient (Wildman–Crippen LogP) is 2.58. The number of aliphatic hydroxyl groups is 1. The topological polar surface area (TPSA) is 23.5 Å². The van der Waals surface area contributed by atoms with Crippen molar-refractivity contribution >= 4 is 21.6 Å². The molecule has 0 spiro atoms. The third kappa shape index (κ3) is 2.04. The standard InChI is InChI=1S/C12H16BrNO/c1-2-14-11(5-6-15)8-9-7-10(13)3-4-12(9)14/h3-4,7,11,15H,2,5-6,8H2,1H3. The lowest BCUT2D eigenvalue weighted by Crippen LogP contribution is -2.32. The van der Waals surface area contributed by atoms with Gasteiger partial charge in [-0.25, -0.2) is 0 Å². The van der Waals surface area contributed by atoms with Gasteiger partial charge in [0.25, 0.3) is 0 Å². The van der Waals surface area contributed by atoms with E-state index >= 15 is 0 Å². The summed E-state index contributed by atoms with van der Waals surface area (Å²) in [5.74, 6) is 0. The largest absolute Gasteiger partial charge is 0.396 e. The third-order valence-corrected chi connectivity index (χ3v) is 3.54. The summed E-state index contributed by atoms with van der Waals surface area (Å²) in [6, 6.07) is 6.92. The molecule has 82 valence electrons. The molecule has 1 aliphatic rings. The first kappa shape index (κ1) is 11.0. The van der Waals surface area contributed by atoms with Crippen LogP contribution in [0.5, 0.6) is 0 Å². The molecule has 1 atom stereocenters. The molecule has 0 aromatic heterocycles. The van der Waals surface area contributed by atoms with Crippen LogP contribution in [0.25, 0.3) is 0 Å². The SMILES string of the molecule is CCN1c2ccc(Br)cc2CC1CCO. The molecular weight excluding hydrogens is 254 g/mol. The Morgan fingerprint density at radius 3 is 3.00 bits per heavy atom. The second kappa shape index (κ2) is 4.54. The van der Waals surface area contributed by atoms with Crippen molar-refractivity contribution in [3.05, 3.63) is 28.2 Å². The van der Waals surface area contributed by atoms with Crippen molar-refractivity contribution in [2.45, 2.75) is 25.8 Å². The Hall–Kier alpha value is -0.540. The van der Waals surface area contributed by atoms with E-state index in [1.807, 2.05) is 0 Å². The number of anilines is 1. The molecule has 0 saturated heterocycles. The van der Waals surface area contributed by atoms with Gasteiger partial charge in [0.2, 0.25) is 0 Å². The molecule has 1 aromatic rings. The fourth-order valence-corrected chi connectivity index (χ4v) is 2.80. The monoisotopic (exact) mass is 269 g/mol. The molecule has 3 heteroatoms. The van der Waals surface area contributed by atoms with E-state index in [1.165, 1.54) is 11.3 Å². The van der Waals surface area contributed by atoms with Crippen molar-refractivity contribution in [1.82, 2.24) is 0 Å². The van der Waals surface area contributed by atoms with Crippen LogP contribution in [0.15, 0.2) is 22.7 Å². The molecule has 0 aliphatic carbocycles. The quantitative estimate of drug-likeness (QED) is 0.912. The van der Waals surface area contributed by atoms with Crippen LogP contribution in [0.2, 0.25) is 0 Å². The van der Waals surface area contributed by atoms with Gasteiger partial charge in [-0.1, -0.05) is 15.9 Å². The van der Waals surface area contributed by atoms with Gasteiger partial charge >= 0.3 is 0 Å². The summed E-state index contributed by atoms with van der Waals surface area (Å²) < 4.78 is 1.14. The van der Waals surface area contributed by atoms with E-state index in [0.717, 1.165) is 23.9 Å². The number of halogens is 1. The second-order valence-electron chi connectivity index (χ2n) is 3.93. The highest BCUT2D eigenvalue weighted by Crippen LogP contribution is 2.34. The first-order chi connectivity index (χ1) is 7.26. The molecule has 0 radical (unpaired) electrons. The number of likely N-dealkylation sites (N-methyl/N-ethyl adjacent to an activating group) is 1. The van der Waals surface area contributed by atoms with E-state index in [4.69, 9.17) is 5.11 Å². The van der Waals surface area contributed by atoms with Gasteiger partial charge in [0.15, 0.2) is 0 Å². The Balaban J connectivity index is 2.28. The van der Waals surface area contributed by atoms with Crippen molar-refractivity contribution in [3.8, 4) is 0 Å². The summed E-state index contributed by atoms with van der Waals surface area (Å²) in [4.78, 5) is 2.39. The molecular formula is C12H16BrNO. The van der Waals surface area contributed by atoms with Crippen LogP contribution >= 0.6 is 15.9 Å². The molecule has 15 heavy (non-hydrogen) atoms. The zero-order valence-electron chi connectivity index (χ0n) is 8.91. The van der Waals surface area contributed by atoms with Crippen LogP contribution in [0, 0.1) is 0 Å². The van der Waals surface area contributed by atoms with Crippen LogP contribution in [-0.2, 0) is 6.42 Å². The number of nitrogens with zero attached hydrogens (tertiary/aromatic N) is 1. The Morgan fingerprint density at radius 1 is 1.53 bits per heavy atom. The Bertz CT molecular complexity index is 353. The molecule has 1 aliphatic heterocycles. The average molecular weight is 270 g/mol. The van der Waals surface area contributed by atoms with Gasteiger partial charge in [-0.2, -0.15) is 0 Å². The van der Waals surface area contributed by atoms with Crippen LogP contribution < -0.4 is 4.90 Å². The maximum absolute atomic E-state index is 9.04. The lowest BCUT2D eigenvalue weighted by atomic mass is 10.1. The van der Waals surface area contributed by atoms with Crippen molar-refractivity contribution in [3.63, 3.8) is 0 Å². The minimum atomic E-state index is 0.274. The summed E-state index contributed by atoms with van der Waals surface area (Å²) >= 11 is 3.50. The highest BCUT2D eigenvalue weighted by Gasteiger charge is 2.27. The maximum atomic E-state index is 9.04. The molecule has 1 N–H and O–H groups in total. The Labute approximate surface area is 99.0 Å². The molecule has 2 rings (SSSR count). The molecule has 0 bridgehead atoms. The van der Waals surface area contributed by atoms with Gasteiger partial charge in [-0.05, 0) is 43.5 Å². The Morgan fingerprint density at radius 2 is 2.33 bits per heavy atom. The van der Waals surface area contributed by atoms with E-state index in [1.54, 1.807) is 0 Å². The molecule has 0 saturated carbocycles. The van der Waals surface area contributed by atoms with Crippen molar-refractivity contribution in [2.75, 3.05) is 18.1 Å². The molecule has 0 fully saturated rings. The first-order valence-electron chi connectivity index (χ1n) is 5.42. The molecule has 2 nitrogen and oxygen atoms in total. The third-order valence-electron chi connectivity index (χ3n) is 3.05. The Kier molecular flexibility index (Phi) is 3.32. The molecule has 1 unspecified atom stereocenters. The zero-order chi connectivity index (χ0) is 10.8. The summed E-state index contributed by atoms with van der Waals surface area (Å²) in [5.41, 5.74) is 2.73. The van der Waals surface area contributed by atoms with E-state index in [0.29, 0.717) is 6.04 Å². The van der Waals surface area contributed by atoms with Crippen molar-refractivity contribution in [1.29, 1.82) is 0 Å². The van der Waals surface area contributed by atoms with Gasteiger partial charge in [-0.3, -0.25) is 0 Å². The van der Waals surface area contributed by atoms with Gasteiger partial charge in [0.05, 0.1) is 0 Å². The normalized spacial score (nSPS) is 19.4. The number of fused-ring (bicyclic) bond motifs is 1. The number of benzene rings is 1. The summed E-state index contributed by atoms with van der Waals surface area (Å²) in [5, 5.41) is 9.04. The van der Waals surface area contributed by atoms with E-state index in [2.05, 4.69) is 46.0 Å². The lowest BCUT2D eigenvalue weighted by Gasteiger charge is -2.25. The average Bonchev–Trinajstić information content (AvgIpc) is 2.54. The summed E-state index contributed by atoms with van der Waals surface area (Å²) in [6.45, 7) is 3.46. The molecule has 1 heterocycles. The molecule has 1 aromatic carbocycles. The number of hydrogen-bond acceptors (Lipinski definition) is 2. The minimum absolute atomic E-state index is 0.274. The number of aliphatic hydroxyl groups excluding tert-OH is 1. The second-order valence-corrected chi connectivity index (χ2v) is 4.84. The van der Waals surface area contributed by atoms with Gasteiger partial charge in [0, 0.05) is 29.4 Å². The highest BCUT2D eigenvalue weighted by atomic mass is 79.9. The number of rotatable bonds is 3. The van der Waals surface area contributed by atoms with Crippen LogP contribution in [0.4, 0.5) is 5.69 Å². The summed E-state index contributed by atoms with van der Waals surface area (Å²) in [6.07, 6.45) is 1.92. The van der Waals surface area contributed by atoms with Gasteiger partial charge < -0.3 is 10.0 Å². The van der Waals surface area contributed by atoms with Gasteiger partial charge in [-0.15, -0.1) is 0 Å². The zero-order valence-corrected chi connectivity index (χ0v) is 10.5. The molecule has 0 amide bonds. The smallest absolute Gasteiger partial charge is 0.0450 e. The van der Waals surface area contributed by atoms with E-state index in [9.17, 15) is 0 Å². The fourth-order valence-electron chi connectivity index (χ4n) is 2.39. The van der Waals surface area contributed by atoms with Crippen LogP contribution in [-0.4, -0.2) is 24.3 Å². The fraction of sp³-hybridized carbons (Fsp3) is 0.500. The lowest BCUT2D eigenvalue weighted by molar-refractivity contribution is 0.274. The van der Waals surface area contributed by atoms with Crippen molar-refractivity contribution in [2.24, 2.45) is 0 Å². The maximum Gasteiger partial charge on any atom is 0.0450 e. The highest BCUT2D eigenvalue weighted by molar-refractivity contribution is 9.10. The summed E-state index contributed by atoms with van der Waals surface area (Å²) in [7, 11) is 0. The van der Waals surface area contributed by atoms with Gasteiger partial charge in [0.1, 0.15) is 0 Å². The first-order valence-corrected chi connectivity index (χ1v) is 6.21. The number of hydrogen-bond donors (Lipinski definition) is 1. The minimum Gasteiger partial charge on any atom is -0.396 e. The van der Waals surface area contributed by atoms with E-state index in [-0.39, 0.29) is 6.61 Å². The van der Waals surface area contributed by atoms with E-state index < -0.39 is 0 Å². The predicted molar refractivity (Wildman–Crippen MR) is 66.4 cm³/mol. The van der Waals surface area contributed by atoms with Crippen LogP contribution in [0.1, 0.15) is 18.9 Å². The van der Waals surface area contributed by atoms with Crippen molar-refractivity contribution < 1.29 is 5.11 Å². The van der Waals surface area contributed by atoms with Crippen LogP contribution in [0.3, 0.4) is 0 Å².